The highest BCUT2D eigenvalue weighted by molar-refractivity contribution is 5.74. The lowest BCUT2D eigenvalue weighted by atomic mass is 9.76. The van der Waals surface area contributed by atoms with Crippen LogP contribution < -0.4 is 10.1 Å². The molecule has 2 unspecified atom stereocenters. The molecule has 1 rings (SSSR count). The number of hydrogen-bond donors (Lipinski definition) is 3. The van der Waals surface area contributed by atoms with E-state index in [0.717, 1.165) is 31.4 Å². The number of unbranched alkanes of at least 4 members (excludes halogenated alkanes) is 1. The SMILES string of the molecule is CCC(C)(C)c1ccc(OCCCCNC(=O)N(CC(C)O)CC(C)O)c(C(C)(C)CC)c1. The van der Waals surface area contributed by atoms with Crippen LogP contribution in [0.2, 0.25) is 0 Å². The summed E-state index contributed by atoms with van der Waals surface area (Å²) in [6.45, 7) is 18.3. The van der Waals surface area contributed by atoms with E-state index >= 15 is 0 Å². The zero-order valence-corrected chi connectivity index (χ0v) is 22.2. The Balaban J connectivity index is 2.65. The van der Waals surface area contributed by atoms with Crippen LogP contribution in [0.5, 0.6) is 5.75 Å². The van der Waals surface area contributed by atoms with Gasteiger partial charge in [0.15, 0.2) is 0 Å². The van der Waals surface area contributed by atoms with Gasteiger partial charge in [-0.1, -0.05) is 53.7 Å². The summed E-state index contributed by atoms with van der Waals surface area (Å²) in [4.78, 5) is 13.8. The average molecular weight is 465 g/mol. The second kappa shape index (κ2) is 13.2. The van der Waals surface area contributed by atoms with Gasteiger partial charge in [0.2, 0.25) is 0 Å². The first-order valence-electron chi connectivity index (χ1n) is 12.5. The van der Waals surface area contributed by atoms with Crippen molar-refractivity contribution in [3.63, 3.8) is 0 Å². The van der Waals surface area contributed by atoms with Gasteiger partial charge in [0, 0.05) is 25.2 Å². The number of ether oxygens (including phenoxy) is 1. The molecule has 6 nitrogen and oxygen atoms in total. The number of aliphatic hydroxyl groups is 2. The molecule has 0 aromatic heterocycles. The van der Waals surface area contributed by atoms with Gasteiger partial charge in [0.05, 0.1) is 18.8 Å². The fraction of sp³-hybridized carbons (Fsp3) is 0.741. The predicted octanol–water partition coefficient (Wildman–Crippen LogP) is 4.99. The molecule has 2 amide bonds. The monoisotopic (exact) mass is 464 g/mol. The molecule has 0 fully saturated rings. The fourth-order valence-electron chi connectivity index (χ4n) is 3.59. The summed E-state index contributed by atoms with van der Waals surface area (Å²) < 4.78 is 6.20. The molecule has 0 heterocycles. The number of urea groups is 1. The van der Waals surface area contributed by atoms with Gasteiger partial charge >= 0.3 is 6.03 Å². The number of rotatable bonds is 14. The minimum Gasteiger partial charge on any atom is -0.493 e. The zero-order chi connectivity index (χ0) is 25.2. The molecule has 1 aromatic carbocycles. The maximum absolute atomic E-state index is 12.4. The molecule has 0 spiro atoms. The number of nitrogens with zero attached hydrogens (tertiary/aromatic N) is 1. The lowest BCUT2D eigenvalue weighted by molar-refractivity contribution is 0.0966. The Kier molecular flexibility index (Phi) is 11.7. The summed E-state index contributed by atoms with van der Waals surface area (Å²) in [6.07, 6.45) is 2.44. The minimum absolute atomic E-state index is 0.0281. The summed E-state index contributed by atoms with van der Waals surface area (Å²) in [7, 11) is 0. The van der Waals surface area contributed by atoms with Crippen molar-refractivity contribution < 1.29 is 19.7 Å². The van der Waals surface area contributed by atoms with E-state index in [9.17, 15) is 15.0 Å². The Morgan fingerprint density at radius 3 is 2.09 bits per heavy atom. The largest absolute Gasteiger partial charge is 0.493 e. The highest BCUT2D eigenvalue weighted by atomic mass is 16.5. The predicted molar refractivity (Wildman–Crippen MR) is 136 cm³/mol. The number of nitrogens with one attached hydrogen (secondary N) is 1. The van der Waals surface area contributed by atoms with E-state index < -0.39 is 12.2 Å². The summed E-state index contributed by atoms with van der Waals surface area (Å²) >= 11 is 0. The van der Waals surface area contributed by atoms with E-state index in [1.54, 1.807) is 13.8 Å². The van der Waals surface area contributed by atoms with Crippen LogP contribution in [0.15, 0.2) is 18.2 Å². The van der Waals surface area contributed by atoms with Crippen molar-refractivity contribution in [2.24, 2.45) is 0 Å². The maximum Gasteiger partial charge on any atom is 0.317 e. The molecular weight excluding hydrogens is 416 g/mol. The highest BCUT2D eigenvalue weighted by Gasteiger charge is 2.26. The first-order chi connectivity index (χ1) is 15.3. The van der Waals surface area contributed by atoms with Crippen molar-refractivity contribution in [1.29, 1.82) is 0 Å². The number of aliphatic hydroxyl groups excluding tert-OH is 2. The second-order valence-electron chi connectivity index (χ2n) is 10.6. The summed E-state index contributed by atoms with van der Waals surface area (Å²) in [5.41, 5.74) is 2.75. The molecule has 0 saturated carbocycles. The van der Waals surface area contributed by atoms with Gasteiger partial charge < -0.3 is 25.2 Å². The Morgan fingerprint density at radius 2 is 1.58 bits per heavy atom. The van der Waals surface area contributed by atoms with Crippen molar-refractivity contribution in [2.45, 2.75) is 104 Å². The molecule has 0 saturated heterocycles. The van der Waals surface area contributed by atoms with Crippen molar-refractivity contribution in [2.75, 3.05) is 26.2 Å². The van der Waals surface area contributed by atoms with Crippen LogP contribution in [-0.4, -0.2) is 59.6 Å². The average Bonchev–Trinajstić information content (AvgIpc) is 2.74. The van der Waals surface area contributed by atoms with Crippen LogP contribution in [0.25, 0.3) is 0 Å². The van der Waals surface area contributed by atoms with Crippen LogP contribution in [0, 0.1) is 0 Å². The van der Waals surface area contributed by atoms with E-state index in [0.29, 0.717) is 13.2 Å². The highest BCUT2D eigenvalue weighted by Crippen LogP contribution is 2.38. The number of amides is 2. The third-order valence-corrected chi connectivity index (χ3v) is 6.62. The quantitative estimate of drug-likeness (QED) is 0.339. The van der Waals surface area contributed by atoms with Crippen molar-refractivity contribution in [3.05, 3.63) is 29.3 Å². The Hall–Kier alpha value is -1.79. The maximum atomic E-state index is 12.4. The summed E-state index contributed by atoms with van der Waals surface area (Å²) in [5.74, 6) is 0.946. The van der Waals surface area contributed by atoms with Gasteiger partial charge in [-0.3, -0.25) is 0 Å². The van der Waals surface area contributed by atoms with E-state index in [2.05, 4.69) is 65.1 Å². The smallest absolute Gasteiger partial charge is 0.317 e. The number of carbonyl (C=O) groups excluding carboxylic acids is 1. The zero-order valence-electron chi connectivity index (χ0n) is 22.2. The number of benzene rings is 1. The van der Waals surface area contributed by atoms with E-state index in [1.807, 2.05) is 0 Å². The van der Waals surface area contributed by atoms with Crippen LogP contribution in [0.4, 0.5) is 4.79 Å². The van der Waals surface area contributed by atoms with Gasteiger partial charge in [-0.25, -0.2) is 4.79 Å². The first kappa shape index (κ1) is 29.2. The summed E-state index contributed by atoms with van der Waals surface area (Å²) in [5, 5.41) is 22.1. The third kappa shape index (κ3) is 9.54. The number of carbonyl (C=O) groups is 1. The molecule has 6 heteroatoms. The van der Waals surface area contributed by atoms with Gasteiger partial charge in [-0.15, -0.1) is 0 Å². The van der Waals surface area contributed by atoms with Gasteiger partial charge in [-0.2, -0.15) is 0 Å². The van der Waals surface area contributed by atoms with E-state index in [-0.39, 0.29) is 30.0 Å². The first-order valence-corrected chi connectivity index (χ1v) is 12.5. The molecule has 3 N–H and O–H groups in total. The lowest BCUT2D eigenvalue weighted by Gasteiger charge is -2.30. The van der Waals surface area contributed by atoms with Crippen LogP contribution >= 0.6 is 0 Å². The van der Waals surface area contributed by atoms with Gasteiger partial charge in [0.25, 0.3) is 0 Å². The van der Waals surface area contributed by atoms with E-state index in [1.165, 1.54) is 16.0 Å². The molecular formula is C27H48N2O4. The van der Waals surface area contributed by atoms with Crippen molar-refractivity contribution in [1.82, 2.24) is 10.2 Å². The molecule has 190 valence electrons. The Bertz CT molecular complexity index is 719. The minimum atomic E-state index is -0.640. The molecule has 1 aromatic rings. The van der Waals surface area contributed by atoms with Crippen LogP contribution in [0.3, 0.4) is 0 Å². The van der Waals surface area contributed by atoms with Crippen molar-refractivity contribution >= 4 is 6.03 Å². The second-order valence-corrected chi connectivity index (χ2v) is 10.6. The standard InChI is InChI=1S/C27H48N2O4/c1-9-26(5,6)22-13-14-24(23(17-22)27(7,8)10-2)33-16-12-11-15-28-25(32)29(18-20(3)30)19-21(4)31/h13-14,17,20-21,30-31H,9-12,15-16,18-19H2,1-8H3,(H,28,32). The topological polar surface area (TPSA) is 82.0 Å². The lowest BCUT2D eigenvalue weighted by Crippen LogP contribution is -2.46. The Morgan fingerprint density at radius 1 is 1.00 bits per heavy atom. The molecule has 0 aliphatic heterocycles. The molecule has 0 aliphatic rings. The van der Waals surface area contributed by atoms with Crippen LogP contribution in [0.1, 0.15) is 92.2 Å². The van der Waals surface area contributed by atoms with Crippen molar-refractivity contribution in [3.8, 4) is 5.75 Å². The van der Waals surface area contributed by atoms with E-state index in [4.69, 9.17) is 4.74 Å². The fourth-order valence-corrected chi connectivity index (χ4v) is 3.59. The molecule has 0 aliphatic carbocycles. The number of hydrogen-bond acceptors (Lipinski definition) is 4. The molecule has 2 atom stereocenters. The molecule has 0 radical (unpaired) electrons. The van der Waals surface area contributed by atoms with Gasteiger partial charge in [-0.05, 0) is 62.0 Å². The third-order valence-electron chi connectivity index (χ3n) is 6.62. The van der Waals surface area contributed by atoms with Crippen LogP contribution in [-0.2, 0) is 10.8 Å². The summed E-state index contributed by atoms with van der Waals surface area (Å²) in [6, 6.07) is 6.36. The normalized spacial score (nSPS) is 14.0. The molecule has 0 bridgehead atoms. The molecule has 33 heavy (non-hydrogen) atoms. The van der Waals surface area contributed by atoms with Gasteiger partial charge in [0.1, 0.15) is 5.75 Å². The Labute approximate surface area is 201 Å².